The number of para-hydroxylation sites is 6. The Morgan fingerprint density at radius 3 is 0.687 bits per heavy atom. The Labute approximate surface area is 848 Å². The molecule has 0 bridgehead atoms. The average molecular weight is 1880 g/mol. The second-order valence-corrected chi connectivity index (χ2v) is 42.2. The van der Waals surface area contributed by atoms with E-state index in [1.165, 1.54) is 176 Å². The Kier molecular flexibility index (Phi) is 17.4. The molecule has 0 aliphatic heterocycles. The molecule has 147 heavy (non-hydrogen) atoms. The quantitative estimate of drug-likeness (QED) is 0.122. The lowest BCUT2D eigenvalue weighted by molar-refractivity contribution is 0.660. The van der Waals surface area contributed by atoms with Crippen LogP contribution in [0.2, 0.25) is 0 Å². The predicted octanol–water partition coefficient (Wildman–Crippen LogP) is 35.4. The van der Waals surface area contributed by atoms with E-state index in [2.05, 4.69) is 524 Å². The molecule has 7 aromatic heterocycles. The Hall–Kier alpha value is -18.6. The summed E-state index contributed by atoms with van der Waals surface area (Å²) in [7, 11) is 0. The zero-order valence-corrected chi connectivity index (χ0v) is 81.8. The fraction of sp³-hybridized carbons (Fsp3) is 0.0652. The summed E-state index contributed by atoms with van der Waals surface area (Å²) in [5.41, 5.74) is 45.4. The topological polar surface area (TPSA) is 68.2 Å². The van der Waals surface area contributed by atoms with Crippen molar-refractivity contribution in [3.05, 3.63) is 488 Å². The van der Waals surface area contributed by atoms with Crippen molar-refractivity contribution in [3.63, 3.8) is 0 Å². The molecule has 9 nitrogen and oxygen atoms in total. The molecule has 0 fully saturated rings. The molecule has 0 N–H and O–H groups in total. The van der Waals surface area contributed by atoms with Gasteiger partial charge in [0.2, 0.25) is 0 Å². The number of hydrogen-bond acceptors (Lipinski definition) is 3. The van der Waals surface area contributed by atoms with Gasteiger partial charge in [-0.25, -0.2) is 15.0 Å². The molecule has 7 heterocycles. The van der Waals surface area contributed by atoms with E-state index in [9.17, 15) is 0 Å². The third-order valence-corrected chi connectivity index (χ3v) is 33.3. The standard InChI is InChI=1S/C138H93N9/c1-136(2)115-37-16-7-28-97(115)100-66-60-94(79-118(100)136)144-124-43-22-13-34-106(124)112-73-84(53-69-127(112)144)87-50-63-109-103-31-10-19-40-121(103)142(130(109)76-87)91-56-46-82(47-57-91)133-139-134(83-48-58-92(59-49-83)143-122-41-20-11-32-104(122)110-64-51-88(77-131(110)143)85-54-70-128-113(74-85)107-35-14-23-44-125(107)145(128)95-61-67-101-98-29-8-17-38-116(98)137(3,4)119(101)80-95)141-135(140-133)90-26-25-27-93(72-90)147-123-42-21-12-33-105(123)111-65-52-89(78-132(111)147)86-55-71-129-114(75-86)108-36-15-24-45-126(108)146(129)96-62-68-102-99-30-9-18-39-117(99)138(5,6)120(102)81-96/h7-81H,1-6H3. The molecule has 0 unspecified atom stereocenters. The first-order chi connectivity index (χ1) is 72.1. The van der Waals surface area contributed by atoms with Gasteiger partial charge in [0.25, 0.3) is 0 Å². The van der Waals surface area contributed by atoms with Crippen molar-refractivity contribution in [2.24, 2.45) is 0 Å². The zero-order chi connectivity index (χ0) is 97.3. The number of rotatable bonds is 12. The summed E-state index contributed by atoms with van der Waals surface area (Å²) >= 11 is 0. The van der Waals surface area contributed by atoms with Crippen LogP contribution in [0, 0.1) is 0 Å². The molecule has 0 atom stereocenters. The van der Waals surface area contributed by atoms with Crippen molar-refractivity contribution in [2.75, 3.05) is 0 Å². The molecule has 9 heteroatoms. The number of benzene rings is 21. The minimum Gasteiger partial charge on any atom is -0.309 e. The average Bonchev–Trinajstić information content (AvgIpc) is 1.57. The normalized spacial score (nSPS) is 13.7. The highest BCUT2D eigenvalue weighted by molar-refractivity contribution is 6.17. The van der Waals surface area contributed by atoms with Crippen molar-refractivity contribution in [3.8, 4) is 135 Å². The van der Waals surface area contributed by atoms with Crippen molar-refractivity contribution in [2.45, 2.75) is 57.8 Å². The third-order valence-electron chi connectivity index (χ3n) is 33.3. The first-order valence-corrected chi connectivity index (χ1v) is 51.2. The first-order valence-electron chi connectivity index (χ1n) is 51.2. The SMILES string of the molecule is CC1(C)c2ccccc2-c2ccc(-n3c4ccccc4c4cc(-c5ccc6c7ccccc7n(-c7ccc(-c8nc(-c9ccc(-n%10c%11ccccc%11c%11ccc(-c%12ccc%13c(c%12)c%12ccccc%12n%13-c%12ccc%13c(c%12)C(C)(C)c%12ccccc%12-%13)cc%11%10)cc9)nc(-c9cccc(-n%10c%11ccccc%11c%11ccc(-c%12ccc%13c(c%12)c%12ccccc%12n%13-c%12ccc%13c(c%12)C(C)(C)c%12ccccc%12-%13)cc%11%10)c9)n8)cc7)c6c5)ccc43)cc21. The lowest BCUT2D eigenvalue weighted by atomic mass is 9.82. The molecule has 28 aromatic rings. The molecule has 0 spiro atoms. The maximum Gasteiger partial charge on any atom is 0.164 e. The Morgan fingerprint density at radius 2 is 0.361 bits per heavy atom. The van der Waals surface area contributed by atoms with Crippen LogP contribution in [0.25, 0.3) is 266 Å². The summed E-state index contributed by atoms with van der Waals surface area (Å²) in [6.45, 7) is 14.2. The Bertz CT molecular complexity index is 10200. The number of hydrogen-bond donors (Lipinski definition) is 0. The molecule has 0 saturated heterocycles. The highest BCUT2D eigenvalue weighted by Gasteiger charge is 2.40. The molecule has 3 aliphatic rings. The van der Waals surface area contributed by atoms with Gasteiger partial charge in [0.1, 0.15) is 0 Å². The van der Waals surface area contributed by atoms with Crippen LogP contribution in [0.4, 0.5) is 0 Å². The molecule has 0 amide bonds. The van der Waals surface area contributed by atoms with Gasteiger partial charge < -0.3 is 27.4 Å². The minimum atomic E-state index is -0.135. The largest absolute Gasteiger partial charge is 0.309 e. The van der Waals surface area contributed by atoms with E-state index >= 15 is 0 Å². The van der Waals surface area contributed by atoms with E-state index in [-0.39, 0.29) is 16.2 Å². The van der Waals surface area contributed by atoms with E-state index in [1.807, 2.05) is 0 Å². The maximum absolute atomic E-state index is 5.60. The minimum absolute atomic E-state index is 0.130. The monoisotopic (exact) mass is 1880 g/mol. The molecule has 0 saturated carbocycles. The second kappa shape index (κ2) is 30.7. The summed E-state index contributed by atoms with van der Waals surface area (Å²) in [5.74, 6) is 1.67. The number of aromatic nitrogens is 9. The lowest BCUT2D eigenvalue weighted by Gasteiger charge is -2.22. The van der Waals surface area contributed by atoms with Gasteiger partial charge in [-0.15, -0.1) is 0 Å². The van der Waals surface area contributed by atoms with Gasteiger partial charge in [-0.1, -0.05) is 308 Å². The molecular formula is C138H93N9. The van der Waals surface area contributed by atoms with Gasteiger partial charge in [0, 0.05) is 132 Å². The van der Waals surface area contributed by atoms with Gasteiger partial charge >= 0.3 is 0 Å². The smallest absolute Gasteiger partial charge is 0.164 e. The Morgan fingerprint density at radius 1 is 0.136 bits per heavy atom. The van der Waals surface area contributed by atoms with Crippen molar-refractivity contribution in [1.82, 2.24) is 42.4 Å². The highest BCUT2D eigenvalue weighted by atomic mass is 15.1. The maximum atomic E-state index is 5.60. The summed E-state index contributed by atoms with van der Waals surface area (Å²) in [4.78, 5) is 16.8. The van der Waals surface area contributed by atoms with Gasteiger partial charge in [-0.05, 0) is 288 Å². The van der Waals surface area contributed by atoms with Crippen LogP contribution in [0.3, 0.4) is 0 Å². The molecule has 31 rings (SSSR count). The van der Waals surface area contributed by atoms with Gasteiger partial charge in [0.05, 0.1) is 66.2 Å². The van der Waals surface area contributed by atoms with Crippen LogP contribution in [0.1, 0.15) is 74.9 Å². The zero-order valence-electron chi connectivity index (χ0n) is 81.8. The van der Waals surface area contributed by atoms with E-state index < -0.39 is 0 Å². The fourth-order valence-electron chi connectivity index (χ4n) is 26.1. The predicted molar refractivity (Wildman–Crippen MR) is 611 cm³/mol. The molecule has 21 aromatic carbocycles. The molecule has 3 aliphatic carbocycles. The molecular weight excluding hydrogens is 1780 g/mol. The number of nitrogens with zero attached hydrogens (tertiary/aromatic N) is 9. The summed E-state index contributed by atoms with van der Waals surface area (Å²) in [6.07, 6.45) is 0. The molecule has 690 valence electrons. The van der Waals surface area contributed by atoms with E-state index in [0.29, 0.717) is 17.5 Å². The lowest BCUT2D eigenvalue weighted by Crippen LogP contribution is -2.15. The van der Waals surface area contributed by atoms with Crippen LogP contribution in [-0.2, 0) is 16.2 Å². The van der Waals surface area contributed by atoms with Gasteiger partial charge in [-0.3, -0.25) is 0 Å². The van der Waals surface area contributed by atoms with E-state index in [4.69, 9.17) is 15.0 Å². The summed E-state index contributed by atoms with van der Waals surface area (Å²) < 4.78 is 14.7. The molecule has 0 radical (unpaired) electrons. The van der Waals surface area contributed by atoms with Crippen molar-refractivity contribution >= 4 is 131 Å². The fourth-order valence-corrected chi connectivity index (χ4v) is 26.1. The van der Waals surface area contributed by atoms with E-state index in [1.54, 1.807) is 0 Å². The summed E-state index contributed by atoms with van der Waals surface area (Å²) in [6, 6.07) is 170. The summed E-state index contributed by atoms with van der Waals surface area (Å²) in [5, 5.41) is 14.4. The highest BCUT2D eigenvalue weighted by Crippen LogP contribution is 2.55. The van der Waals surface area contributed by atoms with Crippen LogP contribution >= 0.6 is 0 Å². The van der Waals surface area contributed by atoms with Gasteiger partial charge in [0.15, 0.2) is 17.5 Å². The third kappa shape index (κ3) is 12.1. The van der Waals surface area contributed by atoms with Crippen LogP contribution < -0.4 is 0 Å². The van der Waals surface area contributed by atoms with Crippen LogP contribution in [0.15, 0.2) is 455 Å². The second-order valence-electron chi connectivity index (χ2n) is 42.2. The number of fused-ring (bicyclic) bond motifs is 27. The first kappa shape index (κ1) is 83.1. The van der Waals surface area contributed by atoms with Crippen molar-refractivity contribution in [1.29, 1.82) is 0 Å². The Balaban J connectivity index is 0.523. The van der Waals surface area contributed by atoms with E-state index in [0.717, 1.165) is 106 Å². The van der Waals surface area contributed by atoms with Crippen molar-refractivity contribution < 1.29 is 0 Å². The van der Waals surface area contributed by atoms with Crippen LogP contribution in [0.5, 0.6) is 0 Å². The van der Waals surface area contributed by atoms with Gasteiger partial charge in [-0.2, -0.15) is 0 Å². The van der Waals surface area contributed by atoms with Crippen LogP contribution in [-0.4, -0.2) is 42.4 Å².